The molecular formula is C30H48N6O8. The van der Waals surface area contributed by atoms with E-state index in [-0.39, 0.29) is 56.3 Å². The number of anilines is 1. The molecule has 1 aromatic carbocycles. The molecule has 14 nitrogen and oxygen atoms in total. The van der Waals surface area contributed by atoms with Crippen molar-refractivity contribution in [3.63, 3.8) is 0 Å². The van der Waals surface area contributed by atoms with Gasteiger partial charge in [0.1, 0.15) is 18.7 Å². The van der Waals surface area contributed by atoms with Crippen molar-refractivity contribution < 1.29 is 38.6 Å². The summed E-state index contributed by atoms with van der Waals surface area (Å²) in [7, 11) is 0. The van der Waals surface area contributed by atoms with Gasteiger partial charge in [0, 0.05) is 24.7 Å². The van der Waals surface area contributed by atoms with Gasteiger partial charge in [-0.05, 0) is 42.9 Å². The molecule has 246 valence electrons. The first-order valence-electron chi connectivity index (χ1n) is 14.8. The van der Waals surface area contributed by atoms with Gasteiger partial charge in [0.05, 0.1) is 12.0 Å². The van der Waals surface area contributed by atoms with Crippen LogP contribution in [0.4, 0.5) is 10.5 Å². The minimum absolute atomic E-state index is 0.0304. The van der Waals surface area contributed by atoms with Gasteiger partial charge in [-0.25, -0.2) is 4.79 Å². The fourth-order valence-corrected chi connectivity index (χ4v) is 4.03. The summed E-state index contributed by atoms with van der Waals surface area (Å²) in [6, 6.07) is 2.96. The summed E-state index contributed by atoms with van der Waals surface area (Å²) in [6.45, 7) is 10.8. The van der Waals surface area contributed by atoms with E-state index in [1.54, 1.807) is 52.0 Å². The molecule has 0 aromatic heterocycles. The first kappa shape index (κ1) is 37.8. The van der Waals surface area contributed by atoms with E-state index in [1.165, 1.54) is 0 Å². The van der Waals surface area contributed by atoms with Crippen molar-refractivity contribution in [3.8, 4) is 0 Å². The number of urea groups is 1. The van der Waals surface area contributed by atoms with Gasteiger partial charge in [-0.1, -0.05) is 53.7 Å². The molecule has 0 fully saturated rings. The highest BCUT2D eigenvalue weighted by atomic mass is 16.5. The highest BCUT2D eigenvalue weighted by molar-refractivity contribution is 5.98. The fourth-order valence-electron chi connectivity index (χ4n) is 4.03. The minimum Gasteiger partial charge on any atom is -0.481 e. The SMILES string of the molecule is CC(C)N[C@@H](CCC(=O)O)C(=O)N[C@H](C(=O)N[C@@H](CCCNC(N)=O)C(=O)Nc1ccc(COC(=O)C(C)C)cc1)C(C)C. The Labute approximate surface area is 258 Å². The number of rotatable bonds is 19. The number of carbonyl (C=O) groups is 6. The monoisotopic (exact) mass is 620 g/mol. The van der Waals surface area contributed by atoms with Crippen LogP contribution < -0.4 is 32.3 Å². The van der Waals surface area contributed by atoms with Crippen LogP contribution in [-0.4, -0.2) is 71.5 Å². The van der Waals surface area contributed by atoms with Crippen molar-refractivity contribution in [2.45, 2.75) is 98.0 Å². The third kappa shape index (κ3) is 14.8. The van der Waals surface area contributed by atoms with E-state index in [2.05, 4.69) is 26.6 Å². The van der Waals surface area contributed by atoms with Gasteiger partial charge in [-0.2, -0.15) is 0 Å². The van der Waals surface area contributed by atoms with Crippen molar-refractivity contribution in [1.82, 2.24) is 21.3 Å². The number of hydrogen-bond donors (Lipinski definition) is 7. The van der Waals surface area contributed by atoms with E-state index in [4.69, 9.17) is 15.6 Å². The summed E-state index contributed by atoms with van der Waals surface area (Å²) in [5.74, 6) is -3.64. The summed E-state index contributed by atoms with van der Waals surface area (Å²) in [5.41, 5.74) is 6.29. The zero-order valence-electron chi connectivity index (χ0n) is 26.4. The summed E-state index contributed by atoms with van der Waals surface area (Å²) in [5, 5.41) is 22.7. The van der Waals surface area contributed by atoms with E-state index >= 15 is 0 Å². The molecule has 0 bridgehead atoms. The van der Waals surface area contributed by atoms with Crippen molar-refractivity contribution in [1.29, 1.82) is 0 Å². The summed E-state index contributed by atoms with van der Waals surface area (Å²) in [4.78, 5) is 73.7. The van der Waals surface area contributed by atoms with Gasteiger partial charge >= 0.3 is 18.0 Å². The number of benzene rings is 1. The predicted octanol–water partition coefficient (Wildman–Crippen LogP) is 1.63. The van der Waals surface area contributed by atoms with E-state index < -0.39 is 47.8 Å². The number of carbonyl (C=O) groups excluding carboxylic acids is 5. The lowest BCUT2D eigenvalue weighted by Crippen LogP contribution is -2.58. The molecule has 0 heterocycles. The van der Waals surface area contributed by atoms with Crippen LogP contribution in [0.2, 0.25) is 0 Å². The molecule has 8 N–H and O–H groups in total. The maximum absolute atomic E-state index is 13.4. The molecule has 0 aliphatic rings. The van der Waals surface area contributed by atoms with E-state index in [0.29, 0.717) is 12.1 Å². The zero-order valence-corrected chi connectivity index (χ0v) is 26.4. The number of esters is 1. The Balaban J connectivity index is 3.02. The van der Waals surface area contributed by atoms with E-state index in [1.807, 2.05) is 13.8 Å². The molecule has 0 saturated heterocycles. The predicted molar refractivity (Wildman–Crippen MR) is 164 cm³/mol. The number of nitrogens with two attached hydrogens (primary N) is 1. The van der Waals surface area contributed by atoms with Crippen molar-refractivity contribution in [2.24, 2.45) is 17.6 Å². The van der Waals surface area contributed by atoms with Gasteiger partial charge < -0.3 is 42.2 Å². The lowest BCUT2D eigenvalue weighted by atomic mass is 10.0. The van der Waals surface area contributed by atoms with E-state index in [0.717, 1.165) is 5.56 Å². The molecule has 14 heteroatoms. The topological polar surface area (TPSA) is 218 Å². The molecule has 0 unspecified atom stereocenters. The third-order valence-corrected chi connectivity index (χ3v) is 6.42. The maximum Gasteiger partial charge on any atom is 0.312 e. The van der Waals surface area contributed by atoms with Crippen LogP contribution in [0, 0.1) is 11.8 Å². The van der Waals surface area contributed by atoms with Crippen LogP contribution in [0.1, 0.15) is 72.8 Å². The largest absolute Gasteiger partial charge is 0.481 e. The molecule has 5 amide bonds. The Morgan fingerprint density at radius 3 is 2.00 bits per heavy atom. The average Bonchev–Trinajstić information content (AvgIpc) is 2.93. The normalized spacial score (nSPS) is 13.1. The van der Waals surface area contributed by atoms with Crippen LogP contribution in [-0.2, 0) is 35.3 Å². The molecule has 1 rings (SSSR count). The molecule has 1 aromatic rings. The number of carboxylic acid groups (broad SMARTS) is 1. The van der Waals surface area contributed by atoms with Gasteiger partial charge in [0.25, 0.3) is 0 Å². The number of ether oxygens (including phenoxy) is 1. The Bertz CT molecular complexity index is 1120. The lowest BCUT2D eigenvalue weighted by Gasteiger charge is -2.28. The molecule has 0 radical (unpaired) electrons. The van der Waals surface area contributed by atoms with Crippen molar-refractivity contribution >= 4 is 41.4 Å². The highest BCUT2D eigenvalue weighted by Gasteiger charge is 2.31. The Morgan fingerprint density at radius 2 is 1.48 bits per heavy atom. The smallest absolute Gasteiger partial charge is 0.312 e. The number of amides is 5. The molecule has 0 saturated carbocycles. The Hall–Kier alpha value is -4.20. The molecule has 44 heavy (non-hydrogen) atoms. The second-order valence-electron chi connectivity index (χ2n) is 11.5. The summed E-state index contributed by atoms with van der Waals surface area (Å²) in [6.07, 6.45) is 0.260. The van der Waals surface area contributed by atoms with Crippen LogP contribution in [0.25, 0.3) is 0 Å². The van der Waals surface area contributed by atoms with Crippen molar-refractivity contribution in [2.75, 3.05) is 11.9 Å². The second-order valence-corrected chi connectivity index (χ2v) is 11.5. The van der Waals surface area contributed by atoms with Crippen LogP contribution in [0.5, 0.6) is 0 Å². The summed E-state index contributed by atoms with van der Waals surface area (Å²) < 4.78 is 5.22. The quantitative estimate of drug-likeness (QED) is 0.0882. The number of nitrogens with one attached hydrogen (secondary N) is 5. The molecule has 3 atom stereocenters. The standard InChI is InChI=1S/C30H48N6O8/c1-17(2)25(36-27(40)23(33-19(5)6)13-14-24(37)38)28(41)35-22(8-7-15-32-30(31)43)26(39)34-21-11-9-20(10-12-21)16-44-29(42)18(3)4/h9-12,17-19,22-23,25,33H,7-8,13-16H2,1-6H3,(H,34,39)(H,35,41)(H,36,40)(H,37,38)(H3,31,32,43)/t22-,23-,25-/m0/s1. The average molecular weight is 621 g/mol. The van der Waals surface area contributed by atoms with Crippen LogP contribution >= 0.6 is 0 Å². The van der Waals surface area contributed by atoms with Gasteiger partial charge in [0.15, 0.2) is 0 Å². The Kier molecular flexibility index (Phi) is 16.5. The Morgan fingerprint density at radius 1 is 0.841 bits per heavy atom. The first-order valence-corrected chi connectivity index (χ1v) is 14.8. The molecule has 0 spiro atoms. The lowest BCUT2D eigenvalue weighted by molar-refractivity contribution is -0.148. The first-order chi connectivity index (χ1) is 20.6. The number of primary amides is 1. The van der Waals surface area contributed by atoms with Gasteiger partial charge in [0.2, 0.25) is 17.7 Å². The maximum atomic E-state index is 13.4. The van der Waals surface area contributed by atoms with Crippen LogP contribution in [0.3, 0.4) is 0 Å². The molecule has 0 aliphatic carbocycles. The molecule has 0 aliphatic heterocycles. The minimum atomic E-state index is -1.05. The number of aliphatic carboxylic acids is 1. The van der Waals surface area contributed by atoms with Gasteiger partial charge in [-0.3, -0.25) is 24.0 Å². The number of hydrogen-bond acceptors (Lipinski definition) is 8. The highest BCUT2D eigenvalue weighted by Crippen LogP contribution is 2.13. The number of carboxylic acids is 1. The third-order valence-electron chi connectivity index (χ3n) is 6.42. The van der Waals surface area contributed by atoms with Gasteiger partial charge in [-0.15, -0.1) is 0 Å². The molecular weight excluding hydrogens is 572 g/mol. The second kappa shape index (κ2) is 19.2. The fraction of sp³-hybridized carbons (Fsp3) is 0.600. The van der Waals surface area contributed by atoms with E-state index in [9.17, 15) is 28.8 Å². The summed E-state index contributed by atoms with van der Waals surface area (Å²) >= 11 is 0. The zero-order chi connectivity index (χ0) is 33.4. The van der Waals surface area contributed by atoms with Crippen molar-refractivity contribution in [3.05, 3.63) is 29.8 Å². The van der Waals surface area contributed by atoms with Crippen LogP contribution in [0.15, 0.2) is 24.3 Å².